The van der Waals surface area contributed by atoms with E-state index in [1.54, 1.807) is 29.2 Å². The van der Waals surface area contributed by atoms with Crippen LogP contribution < -0.4 is 4.90 Å². The SMILES string of the molecule is CC(C)(C)N(c1ccccc1F)c1cc(-c2ccc(-c3ccc4ccccc4c3)cc2)c(-c2ccccc2)cc1F. The van der Waals surface area contributed by atoms with Crippen molar-refractivity contribution in [1.82, 2.24) is 0 Å². The number of halogens is 2. The predicted octanol–water partition coefficient (Wildman–Crippen LogP) is 11.1. The Kier molecular flexibility index (Phi) is 6.88. The maximum absolute atomic E-state index is 16.1. The number of anilines is 2. The summed E-state index contributed by atoms with van der Waals surface area (Å²) in [5.41, 5.74) is 5.85. The van der Waals surface area contributed by atoms with Crippen molar-refractivity contribution >= 4 is 22.1 Å². The van der Waals surface area contributed by atoms with Gasteiger partial charge in [-0.3, -0.25) is 0 Å². The Morgan fingerprint density at radius 1 is 0.439 bits per heavy atom. The summed E-state index contributed by atoms with van der Waals surface area (Å²) < 4.78 is 31.2. The smallest absolute Gasteiger partial charge is 0.147 e. The molecular formula is C38H31F2N. The predicted molar refractivity (Wildman–Crippen MR) is 169 cm³/mol. The third-order valence-corrected chi connectivity index (χ3v) is 7.46. The largest absolute Gasteiger partial charge is 0.331 e. The minimum atomic E-state index is -0.589. The average Bonchev–Trinajstić information content (AvgIpc) is 2.98. The number of rotatable bonds is 5. The van der Waals surface area contributed by atoms with Crippen molar-refractivity contribution in [3.8, 4) is 33.4 Å². The standard InChI is InChI=1S/C38H31F2N/c1-38(2,3)41(36-16-10-9-15-34(36)39)37-25-33(32(24-35(37)40)28-12-5-4-6-13-28)29-20-17-27(18-21-29)31-22-19-26-11-7-8-14-30(26)23-31/h4-25H,1-3H3. The second-order valence-electron chi connectivity index (χ2n) is 11.3. The van der Waals surface area contributed by atoms with Gasteiger partial charge in [0.15, 0.2) is 0 Å². The van der Waals surface area contributed by atoms with Crippen molar-refractivity contribution in [3.05, 3.63) is 145 Å². The van der Waals surface area contributed by atoms with Gasteiger partial charge in [0.1, 0.15) is 11.6 Å². The van der Waals surface area contributed by atoms with Crippen molar-refractivity contribution < 1.29 is 8.78 Å². The summed E-state index contributed by atoms with van der Waals surface area (Å²) >= 11 is 0. The van der Waals surface area contributed by atoms with Crippen LogP contribution in [0.1, 0.15) is 20.8 Å². The Morgan fingerprint density at radius 2 is 1.00 bits per heavy atom. The van der Waals surface area contributed by atoms with Crippen LogP contribution in [-0.2, 0) is 0 Å². The number of hydrogen-bond donors (Lipinski definition) is 0. The van der Waals surface area contributed by atoms with Crippen molar-refractivity contribution in [3.63, 3.8) is 0 Å². The van der Waals surface area contributed by atoms with Gasteiger partial charge >= 0.3 is 0 Å². The van der Waals surface area contributed by atoms with Crippen LogP contribution in [0.2, 0.25) is 0 Å². The molecule has 0 aliphatic rings. The lowest BCUT2D eigenvalue weighted by Crippen LogP contribution is -2.38. The van der Waals surface area contributed by atoms with Crippen LogP contribution in [0.3, 0.4) is 0 Å². The maximum atomic E-state index is 16.1. The van der Waals surface area contributed by atoms with E-state index in [1.165, 1.54) is 16.8 Å². The molecule has 0 aromatic heterocycles. The monoisotopic (exact) mass is 539 g/mol. The molecule has 0 N–H and O–H groups in total. The van der Waals surface area contributed by atoms with Gasteiger partial charge in [0, 0.05) is 5.54 Å². The number of fused-ring (bicyclic) bond motifs is 1. The van der Waals surface area contributed by atoms with E-state index >= 15 is 8.78 Å². The molecule has 0 bridgehead atoms. The third kappa shape index (κ3) is 5.24. The van der Waals surface area contributed by atoms with Crippen molar-refractivity contribution in [2.24, 2.45) is 0 Å². The van der Waals surface area contributed by atoms with Crippen molar-refractivity contribution in [2.45, 2.75) is 26.3 Å². The molecule has 0 saturated carbocycles. The van der Waals surface area contributed by atoms with Gasteiger partial charge in [-0.1, -0.05) is 103 Å². The molecule has 6 aromatic carbocycles. The highest BCUT2D eigenvalue weighted by Gasteiger charge is 2.29. The van der Waals surface area contributed by atoms with Gasteiger partial charge < -0.3 is 4.90 Å². The topological polar surface area (TPSA) is 3.24 Å². The molecule has 0 unspecified atom stereocenters. The molecule has 202 valence electrons. The Morgan fingerprint density at radius 3 is 1.71 bits per heavy atom. The van der Waals surface area contributed by atoms with E-state index in [2.05, 4.69) is 60.7 Å². The summed E-state index contributed by atoms with van der Waals surface area (Å²) in [7, 11) is 0. The second kappa shape index (κ2) is 10.7. The van der Waals surface area contributed by atoms with Gasteiger partial charge in [0.25, 0.3) is 0 Å². The first-order chi connectivity index (χ1) is 19.8. The summed E-state index contributed by atoms with van der Waals surface area (Å²) in [4.78, 5) is 1.75. The highest BCUT2D eigenvalue weighted by atomic mass is 19.1. The van der Waals surface area contributed by atoms with E-state index in [-0.39, 0.29) is 0 Å². The van der Waals surface area contributed by atoms with Gasteiger partial charge in [0.05, 0.1) is 11.4 Å². The van der Waals surface area contributed by atoms with E-state index in [1.807, 2.05) is 63.2 Å². The number of nitrogens with zero attached hydrogens (tertiary/aromatic N) is 1. The van der Waals surface area contributed by atoms with E-state index in [0.717, 1.165) is 33.4 Å². The minimum absolute atomic E-state index is 0.330. The van der Waals surface area contributed by atoms with Crippen LogP contribution in [0, 0.1) is 11.6 Å². The number of para-hydroxylation sites is 1. The van der Waals surface area contributed by atoms with Crippen molar-refractivity contribution in [2.75, 3.05) is 4.90 Å². The third-order valence-electron chi connectivity index (χ3n) is 7.46. The molecule has 41 heavy (non-hydrogen) atoms. The lowest BCUT2D eigenvalue weighted by molar-refractivity contribution is 0.527. The average molecular weight is 540 g/mol. The van der Waals surface area contributed by atoms with Crippen LogP contribution in [0.25, 0.3) is 44.2 Å². The van der Waals surface area contributed by atoms with Crippen LogP contribution in [0.4, 0.5) is 20.2 Å². The maximum Gasteiger partial charge on any atom is 0.147 e. The summed E-state index contributed by atoms with van der Waals surface area (Å²) in [5.74, 6) is -0.797. The molecule has 0 fully saturated rings. The van der Waals surface area contributed by atoms with Gasteiger partial charge in [-0.25, -0.2) is 8.78 Å². The summed E-state index contributed by atoms with van der Waals surface area (Å²) in [5, 5.41) is 2.40. The Hall–Kier alpha value is -4.76. The lowest BCUT2D eigenvalue weighted by atomic mass is 9.91. The first-order valence-corrected chi connectivity index (χ1v) is 13.8. The van der Waals surface area contributed by atoms with Gasteiger partial charge in [-0.2, -0.15) is 0 Å². The van der Waals surface area contributed by atoms with Crippen LogP contribution in [0.5, 0.6) is 0 Å². The van der Waals surface area contributed by atoms with Gasteiger partial charge in [0.2, 0.25) is 0 Å². The Balaban J connectivity index is 1.51. The normalized spacial score (nSPS) is 11.5. The molecule has 3 heteroatoms. The molecule has 1 nitrogen and oxygen atoms in total. The van der Waals surface area contributed by atoms with E-state index < -0.39 is 17.2 Å². The number of hydrogen-bond acceptors (Lipinski definition) is 1. The fraction of sp³-hybridized carbons (Fsp3) is 0.105. The van der Waals surface area contributed by atoms with Crippen molar-refractivity contribution in [1.29, 1.82) is 0 Å². The minimum Gasteiger partial charge on any atom is -0.331 e. The fourth-order valence-corrected chi connectivity index (χ4v) is 5.53. The zero-order valence-electron chi connectivity index (χ0n) is 23.4. The second-order valence-corrected chi connectivity index (χ2v) is 11.3. The molecule has 0 amide bonds. The summed E-state index contributed by atoms with van der Waals surface area (Å²) in [6.07, 6.45) is 0. The van der Waals surface area contributed by atoms with Crippen LogP contribution in [-0.4, -0.2) is 5.54 Å². The molecule has 0 radical (unpaired) electrons. The van der Waals surface area contributed by atoms with Crippen LogP contribution in [0.15, 0.2) is 133 Å². The quantitative estimate of drug-likeness (QED) is 0.211. The molecule has 6 aromatic rings. The van der Waals surface area contributed by atoms with E-state index in [9.17, 15) is 0 Å². The molecule has 6 rings (SSSR count). The molecule has 0 saturated heterocycles. The van der Waals surface area contributed by atoms with E-state index in [0.29, 0.717) is 11.4 Å². The van der Waals surface area contributed by atoms with Gasteiger partial charge in [-0.05, 0) is 95.3 Å². The van der Waals surface area contributed by atoms with Gasteiger partial charge in [-0.15, -0.1) is 0 Å². The highest BCUT2D eigenvalue weighted by molar-refractivity contribution is 5.90. The molecule has 0 spiro atoms. The fourth-order valence-electron chi connectivity index (χ4n) is 5.53. The zero-order chi connectivity index (χ0) is 28.6. The molecule has 0 atom stereocenters. The lowest BCUT2D eigenvalue weighted by Gasteiger charge is -2.38. The Labute approximate surface area is 240 Å². The number of benzene rings is 6. The molecule has 0 aliphatic carbocycles. The highest BCUT2D eigenvalue weighted by Crippen LogP contribution is 2.42. The van der Waals surface area contributed by atoms with Crippen LogP contribution >= 0.6 is 0 Å². The summed E-state index contributed by atoms with van der Waals surface area (Å²) in [6, 6.07) is 43.0. The first kappa shape index (κ1) is 26.5. The molecule has 0 heterocycles. The first-order valence-electron chi connectivity index (χ1n) is 13.8. The zero-order valence-corrected chi connectivity index (χ0v) is 23.4. The van der Waals surface area contributed by atoms with E-state index in [4.69, 9.17) is 0 Å². The summed E-state index contributed by atoms with van der Waals surface area (Å²) in [6.45, 7) is 5.88. The Bertz CT molecular complexity index is 1830. The molecular weight excluding hydrogens is 508 g/mol. The molecule has 0 aliphatic heterocycles.